The van der Waals surface area contributed by atoms with E-state index >= 15 is 0 Å². The van der Waals surface area contributed by atoms with Crippen molar-refractivity contribution in [2.45, 2.75) is 26.8 Å². The molecule has 0 unspecified atom stereocenters. The third-order valence-electron chi connectivity index (χ3n) is 2.91. The average molecular weight is 219 g/mol. The molecule has 0 saturated carbocycles. The van der Waals surface area contributed by atoms with Gasteiger partial charge in [-0.1, -0.05) is 0 Å². The predicted molar refractivity (Wildman–Crippen MR) is 63.0 cm³/mol. The second-order valence-corrected chi connectivity index (χ2v) is 4.01. The van der Waals surface area contributed by atoms with E-state index in [2.05, 4.69) is 10.1 Å². The number of nitrogens with zero attached hydrogens (tertiary/aromatic N) is 4. The standard InChI is InChI=1S/C11H17N5/c1-8-11(12)9(2)16(14-8)6-4-10-13-5-7-15(10)3/h5,7H,4,6,12H2,1-3H3. The van der Waals surface area contributed by atoms with E-state index in [0.717, 1.165) is 35.9 Å². The highest BCUT2D eigenvalue weighted by molar-refractivity contribution is 5.46. The van der Waals surface area contributed by atoms with Crippen LogP contribution in [0.1, 0.15) is 17.2 Å². The van der Waals surface area contributed by atoms with E-state index in [1.807, 2.05) is 42.5 Å². The summed E-state index contributed by atoms with van der Waals surface area (Å²) in [5.41, 5.74) is 8.60. The van der Waals surface area contributed by atoms with E-state index in [1.165, 1.54) is 0 Å². The summed E-state index contributed by atoms with van der Waals surface area (Å²) in [6, 6.07) is 0. The first-order valence-electron chi connectivity index (χ1n) is 5.35. The van der Waals surface area contributed by atoms with Gasteiger partial charge >= 0.3 is 0 Å². The molecule has 0 amide bonds. The van der Waals surface area contributed by atoms with Crippen LogP contribution < -0.4 is 5.73 Å². The molecule has 5 nitrogen and oxygen atoms in total. The highest BCUT2D eigenvalue weighted by atomic mass is 15.3. The molecule has 0 fully saturated rings. The first-order chi connectivity index (χ1) is 7.59. The molecule has 2 rings (SSSR count). The van der Waals surface area contributed by atoms with Crippen molar-refractivity contribution in [2.24, 2.45) is 7.05 Å². The minimum atomic E-state index is 0.792. The zero-order chi connectivity index (χ0) is 11.7. The fraction of sp³-hybridized carbons (Fsp3) is 0.455. The van der Waals surface area contributed by atoms with Crippen molar-refractivity contribution in [1.82, 2.24) is 19.3 Å². The number of aryl methyl sites for hydroxylation is 4. The van der Waals surface area contributed by atoms with Crippen LogP contribution in [0.4, 0.5) is 5.69 Å². The number of nitrogens with two attached hydrogens (primary N) is 1. The molecule has 5 heteroatoms. The zero-order valence-electron chi connectivity index (χ0n) is 9.94. The molecule has 0 saturated heterocycles. The Hall–Kier alpha value is -1.78. The largest absolute Gasteiger partial charge is 0.396 e. The van der Waals surface area contributed by atoms with Gasteiger partial charge in [-0.05, 0) is 13.8 Å². The fourth-order valence-electron chi connectivity index (χ4n) is 1.77. The smallest absolute Gasteiger partial charge is 0.110 e. The number of hydrogen-bond acceptors (Lipinski definition) is 3. The molecule has 0 aliphatic carbocycles. The van der Waals surface area contributed by atoms with Crippen molar-refractivity contribution in [3.05, 3.63) is 29.6 Å². The Morgan fingerprint density at radius 2 is 2.12 bits per heavy atom. The average Bonchev–Trinajstić information content (AvgIpc) is 2.76. The Labute approximate surface area is 94.9 Å². The van der Waals surface area contributed by atoms with Crippen molar-refractivity contribution < 1.29 is 0 Å². The van der Waals surface area contributed by atoms with Crippen LogP contribution in [-0.4, -0.2) is 19.3 Å². The van der Waals surface area contributed by atoms with E-state index in [0.29, 0.717) is 0 Å². The van der Waals surface area contributed by atoms with Crippen LogP contribution in [0.15, 0.2) is 12.4 Å². The molecule has 0 radical (unpaired) electrons. The van der Waals surface area contributed by atoms with Gasteiger partial charge in [-0.3, -0.25) is 4.68 Å². The van der Waals surface area contributed by atoms with E-state index in [-0.39, 0.29) is 0 Å². The summed E-state index contributed by atoms with van der Waals surface area (Å²) in [5.74, 6) is 1.06. The molecule has 0 aliphatic rings. The summed E-state index contributed by atoms with van der Waals surface area (Å²) in [6.07, 6.45) is 4.63. The van der Waals surface area contributed by atoms with Crippen molar-refractivity contribution >= 4 is 5.69 Å². The van der Waals surface area contributed by atoms with Gasteiger partial charge in [0.05, 0.1) is 17.1 Å². The molecular formula is C11H17N5. The molecule has 86 valence electrons. The monoisotopic (exact) mass is 219 g/mol. The number of anilines is 1. The van der Waals surface area contributed by atoms with Crippen LogP contribution in [0, 0.1) is 13.8 Å². The molecular weight excluding hydrogens is 202 g/mol. The highest BCUT2D eigenvalue weighted by Crippen LogP contribution is 2.14. The summed E-state index contributed by atoms with van der Waals surface area (Å²) in [6.45, 7) is 4.74. The fourth-order valence-corrected chi connectivity index (χ4v) is 1.77. The van der Waals surface area contributed by atoms with Crippen LogP contribution in [0.3, 0.4) is 0 Å². The van der Waals surface area contributed by atoms with Crippen LogP contribution in [0.2, 0.25) is 0 Å². The van der Waals surface area contributed by atoms with Crippen molar-refractivity contribution in [1.29, 1.82) is 0 Å². The number of aromatic nitrogens is 4. The Morgan fingerprint density at radius 1 is 1.38 bits per heavy atom. The molecule has 2 aromatic rings. The summed E-state index contributed by atoms with van der Waals surface area (Å²) >= 11 is 0. The molecule has 2 heterocycles. The van der Waals surface area contributed by atoms with Gasteiger partial charge < -0.3 is 10.3 Å². The lowest BCUT2D eigenvalue weighted by molar-refractivity contribution is 0.573. The Morgan fingerprint density at radius 3 is 2.62 bits per heavy atom. The molecule has 0 aliphatic heterocycles. The van der Waals surface area contributed by atoms with Crippen molar-refractivity contribution in [3.63, 3.8) is 0 Å². The lowest BCUT2D eigenvalue weighted by Crippen LogP contribution is -2.08. The summed E-state index contributed by atoms with van der Waals surface area (Å²) in [4.78, 5) is 4.28. The van der Waals surface area contributed by atoms with Gasteiger partial charge in [0.15, 0.2) is 0 Å². The van der Waals surface area contributed by atoms with E-state index in [1.54, 1.807) is 0 Å². The van der Waals surface area contributed by atoms with Gasteiger partial charge in [-0.2, -0.15) is 5.10 Å². The maximum atomic E-state index is 5.88. The van der Waals surface area contributed by atoms with Crippen LogP contribution in [0.25, 0.3) is 0 Å². The molecule has 0 spiro atoms. The van der Waals surface area contributed by atoms with Gasteiger partial charge in [0.2, 0.25) is 0 Å². The second kappa shape index (κ2) is 4.00. The summed E-state index contributed by atoms with van der Waals surface area (Å²) < 4.78 is 3.97. The van der Waals surface area contributed by atoms with Crippen molar-refractivity contribution in [2.75, 3.05) is 5.73 Å². The topological polar surface area (TPSA) is 61.7 Å². The van der Waals surface area contributed by atoms with E-state index in [4.69, 9.17) is 5.73 Å². The van der Waals surface area contributed by atoms with Gasteiger partial charge in [-0.15, -0.1) is 0 Å². The minimum absolute atomic E-state index is 0.792. The molecule has 16 heavy (non-hydrogen) atoms. The lowest BCUT2D eigenvalue weighted by Gasteiger charge is -2.04. The lowest BCUT2D eigenvalue weighted by atomic mass is 10.3. The van der Waals surface area contributed by atoms with Gasteiger partial charge in [-0.25, -0.2) is 4.98 Å². The maximum Gasteiger partial charge on any atom is 0.110 e. The van der Waals surface area contributed by atoms with Crippen molar-refractivity contribution in [3.8, 4) is 0 Å². The third-order valence-corrected chi connectivity index (χ3v) is 2.91. The first-order valence-corrected chi connectivity index (χ1v) is 5.35. The van der Waals surface area contributed by atoms with Crippen LogP contribution in [0.5, 0.6) is 0 Å². The summed E-state index contributed by atoms with van der Waals surface area (Å²) in [5, 5.41) is 4.39. The Bertz CT molecular complexity index is 494. The number of nitrogen functional groups attached to an aromatic ring is 1. The maximum absolute atomic E-state index is 5.88. The Balaban J connectivity index is 2.11. The highest BCUT2D eigenvalue weighted by Gasteiger charge is 2.08. The SMILES string of the molecule is Cc1nn(CCc2nccn2C)c(C)c1N. The Kier molecular flexibility index (Phi) is 2.68. The predicted octanol–water partition coefficient (Wildman–Crippen LogP) is 1.06. The number of imidazole rings is 1. The van der Waals surface area contributed by atoms with Gasteiger partial charge in [0.25, 0.3) is 0 Å². The van der Waals surface area contributed by atoms with E-state index < -0.39 is 0 Å². The molecule has 0 atom stereocenters. The van der Waals surface area contributed by atoms with Gasteiger partial charge in [0, 0.05) is 32.4 Å². The quantitative estimate of drug-likeness (QED) is 0.839. The zero-order valence-corrected chi connectivity index (χ0v) is 9.94. The normalized spacial score (nSPS) is 10.9. The first kappa shape index (κ1) is 10.7. The molecule has 2 aromatic heterocycles. The third kappa shape index (κ3) is 1.80. The van der Waals surface area contributed by atoms with Crippen LogP contribution >= 0.6 is 0 Å². The van der Waals surface area contributed by atoms with E-state index in [9.17, 15) is 0 Å². The number of rotatable bonds is 3. The molecule has 0 bridgehead atoms. The minimum Gasteiger partial charge on any atom is -0.396 e. The van der Waals surface area contributed by atoms with Crippen LogP contribution in [-0.2, 0) is 20.0 Å². The van der Waals surface area contributed by atoms with Gasteiger partial charge in [0.1, 0.15) is 5.82 Å². The number of hydrogen-bond donors (Lipinski definition) is 1. The summed E-state index contributed by atoms with van der Waals surface area (Å²) in [7, 11) is 2.00. The molecule has 0 aromatic carbocycles. The second-order valence-electron chi connectivity index (χ2n) is 4.01. The molecule has 2 N–H and O–H groups in total.